The molecule has 0 aliphatic rings. The third-order valence-electron chi connectivity index (χ3n) is 2.55. The van der Waals surface area contributed by atoms with Crippen LogP contribution in [0.15, 0.2) is 21.2 Å². The van der Waals surface area contributed by atoms with E-state index < -0.39 is 0 Å². The summed E-state index contributed by atoms with van der Waals surface area (Å²) >= 11 is 5.14. The number of thiazole rings is 1. The highest BCUT2D eigenvalue weighted by Crippen LogP contribution is 2.35. The number of aromatic nitrogens is 1. The first-order valence-corrected chi connectivity index (χ1v) is 7.18. The lowest BCUT2D eigenvalue weighted by Gasteiger charge is -2.09. The minimum absolute atomic E-state index is 0.333. The van der Waals surface area contributed by atoms with E-state index in [1.165, 1.54) is 4.88 Å². The minimum atomic E-state index is 0.333. The number of halogens is 1. The quantitative estimate of drug-likeness (QED) is 0.921. The molecular weight excluding hydrogens is 300 g/mol. The second kappa shape index (κ2) is 5.33. The van der Waals surface area contributed by atoms with Gasteiger partial charge in [-0.05, 0) is 42.4 Å². The Labute approximate surface area is 113 Å². The molecule has 92 valence electrons. The second-order valence-corrected chi connectivity index (χ2v) is 5.73. The molecule has 1 unspecified atom stereocenters. The van der Waals surface area contributed by atoms with Crippen LogP contribution in [-0.4, -0.2) is 11.5 Å². The van der Waals surface area contributed by atoms with E-state index in [1.54, 1.807) is 17.6 Å². The van der Waals surface area contributed by atoms with E-state index >= 15 is 0 Å². The van der Waals surface area contributed by atoms with Crippen molar-refractivity contribution in [2.75, 3.05) is 6.54 Å². The van der Waals surface area contributed by atoms with Crippen molar-refractivity contribution in [2.45, 2.75) is 26.8 Å². The molecule has 1 N–H and O–H groups in total. The Hall–Kier alpha value is -0.650. The van der Waals surface area contributed by atoms with Gasteiger partial charge in [-0.25, -0.2) is 4.98 Å². The molecule has 2 rings (SSSR count). The summed E-state index contributed by atoms with van der Waals surface area (Å²) < 4.78 is 6.39. The van der Waals surface area contributed by atoms with Crippen molar-refractivity contribution in [3.05, 3.63) is 27.4 Å². The van der Waals surface area contributed by atoms with Gasteiger partial charge in [0, 0.05) is 10.9 Å². The number of rotatable bonds is 4. The average Bonchev–Trinajstić information content (AvgIpc) is 2.84. The minimum Gasteiger partial charge on any atom is -0.461 e. The summed E-state index contributed by atoms with van der Waals surface area (Å²) in [4.78, 5) is 5.84. The highest BCUT2D eigenvalue weighted by Gasteiger charge is 2.17. The van der Waals surface area contributed by atoms with Crippen molar-refractivity contribution in [1.82, 2.24) is 10.3 Å². The molecule has 0 spiro atoms. The standard InChI is InChI=1S/C12H15BrN2OS/c1-4-14-7(2)11-8(3)15-12(17-11)10-9(13)5-6-16-10/h5-7,14H,4H2,1-3H3. The van der Waals surface area contributed by atoms with Crippen LogP contribution in [0, 0.1) is 6.92 Å². The van der Waals surface area contributed by atoms with E-state index in [0.29, 0.717) is 6.04 Å². The van der Waals surface area contributed by atoms with Crippen LogP contribution in [0.1, 0.15) is 30.5 Å². The molecule has 3 nitrogen and oxygen atoms in total. The Kier molecular flexibility index (Phi) is 4.01. The summed E-state index contributed by atoms with van der Waals surface area (Å²) in [5.41, 5.74) is 1.07. The lowest BCUT2D eigenvalue weighted by Crippen LogP contribution is -2.17. The number of nitrogens with zero attached hydrogens (tertiary/aromatic N) is 1. The van der Waals surface area contributed by atoms with Gasteiger partial charge in [0.15, 0.2) is 10.8 Å². The van der Waals surface area contributed by atoms with Gasteiger partial charge in [-0.2, -0.15) is 0 Å². The summed E-state index contributed by atoms with van der Waals surface area (Å²) in [7, 11) is 0. The van der Waals surface area contributed by atoms with Crippen LogP contribution in [0.4, 0.5) is 0 Å². The van der Waals surface area contributed by atoms with E-state index in [2.05, 4.69) is 40.1 Å². The lowest BCUT2D eigenvalue weighted by molar-refractivity contribution is 0.580. The monoisotopic (exact) mass is 314 g/mol. The van der Waals surface area contributed by atoms with Crippen LogP contribution in [-0.2, 0) is 0 Å². The van der Waals surface area contributed by atoms with Crippen molar-refractivity contribution >= 4 is 27.3 Å². The SMILES string of the molecule is CCNC(C)c1sc(-c2occc2Br)nc1C. The zero-order valence-corrected chi connectivity index (χ0v) is 12.5. The molecule has 0 radical (unpaired) electrons. The van der Waals surface area contributed by atoms with Gasteiger partial charge in [0.2, 0.25) is 0 Å². The predicted octanol–water partition coefficient (Wildman–Crippen LogP) is 4.14. The van der Waals surface area contributed by atoms with Crippen molar-refractivity contribution in [1.29, 1.82) is 0 Å². The molecule has 0 fully saturated rings. The van der Waals surface area contributed by atoms with Crippen LogP contribution in [0.5, 0.6) is 0 Å². The van der Waals surface area contributed by atoms with Crippen LogP contribution in [0.3, 0.4) is 0 Å². The van der Waals surface area contributed by atoms with Crippen LogP contribution < -0.4 is 5.32 Å². The van der Waals surface area contributed by atoms with Crippen LogP contribution in [0.2, 0.25) is 0 Å². The highest BCUT2D eigenvalue weighted by molar-refractivity contribution is 9.10. The third kappa shape index (κ3) is 2.61. The van der Waals surface area contributed by atoms with E-state index in [9.17, 15) is 0 Å². The van der Waals surface area contributed by atoms with Crippen molar-refractivity contribution in [3.63, 3.8) is 0 Å². The fourth-order valence-corrected chi connectivity index (χ4v) is 3.37. The van der Waals surface area contributed by atoms with Crippen LogP contribution >= 0.6 is 27.3 Å². The first-order valence-electron chi connectivity index (χ1n) is 5.57. The summed E-state index contributed by atoms with van der Waals surface area (Å²) in [6, 6.07) is 2.22. The lowest BCUT2D eigenvalue weighted by atomic mass is 10.2. The number of nitrogens with one attached hydrogen (secondary N) is 1. The number of hydrogen-bond acceptors (Lipinski definition) is 4. The summed E-state index contributed by atoms with van der Waals surface area (Å²) in [6.45, 7) is 7.26. The smallest absolute Gasteiger partial charge is 0.176 e. The molecule has 2 aromatic rings. The molecule has 0 amide bonds. The Bertz CT molecular complexity index is 506. The first kappa shape index (κ1) is 12.8. The number of furan rings is 1. The molecule has 2 aromatic heterocycles. The van der Waals surface area contributed by atoms with Crippen molar-refractivity contribution < 1.29 is 4.42 Å². The maximum atomic E-state index is 5.44. The Morgan fingerprint density at radius 1 is 1.59 bits per heavy atom. The van der Waals surface area contributed by atoms with Gasteiger partial charge in [-0.1, -0.05) is 6.92 Å². The first-order chi connectivity index (χ1) is 8.13. The molecule has 5 heteroatoms. The fourth-order valence-electron chi connectivity index (χ4n) is 1.75. The average molecular weight is 315 g/mol. The molecule has 0 saturated heterocycles. The van der Waals surface area contributed by atoms with E-state index in [4.69, 9.17) is 4.42 Å². The van der Waals surface area contributed by atoms with Gasteiger partial charge in [0.1, 0.15) is 0 Å². The van der Waals surface area contributed by atoms with Gasteiger partial charge >= 0.3 is 0 Å². The maximum absolute atomic E-state index is 5.44. The van der Waals surface area contributed by atoms with Gasteiger partial charge < -0.3 is 9.73 Å². The second-order valence-electron chi connectivity index (χ2n) is 3.85. The Morgan fingerprint density at radius 2 is 2.35 bits per heavy atom. The predicted molar refractivity (Wildman–Crippen MR) is 74.3 cm³/mol. The molecular formula is C12H15BrN2OS. The highest BCUT2D eigenvalue weighted by atomic mass is 79.9. The molecule has 2 heterocycles. The number of hydrogen-bond donors (Lipinski definition) is 1. The molecule has 17 heavy (non-hydrogen) atoms. The third-order valence-corrected chi connectivity index (χ3v) is 4.51. The van der Waals surface area contributed by atoms with E-state index in [-0.39, 0.29) is 0 Å². The maximum Gasteiger partial charge on any atom is 0.176 e. The van der Waals surface area contributed by atoms with Gasteiger partial charge in [-0.15, -0.1) is 11.3 Å². The van der Waals surface area contributed by atoms with Crippen LogP contribution in [0.25, 0.3) is 10.8 Å². The summed E-state index contributed by atoms with van der Waals surface area (Å²) in [5, 5.41) is 4.33. The zero-order valence-electron chi connectivity index (χ0n) is 10.1. The Balaban J connectivity index is 2.34. The van der Waals surface area contributed by atoms with E-state index in [1.807, 2.05) is 13.0 Å². The summed E-state index contributed by atoms with van der Waals surface area (Å²) in [6.07, 6.45) is 1.67. The summed E-state index contributed by atoms with van der Waals surface area (Å²) in [5.74, 6) is 0.813. The van der Waals surface area contributed by atoms with Gasteiger partial charge in [0.05, 0.1) is 16.4 Å². The normalized spacial score (nSPS) is 12.9. The van der Waals surface area contributed by atoms with Crippen molar-refractivity contribution in [2.24, 2.45) is 0 Å². The van der Waals surface area contributed by atoms with Gasteiger partial charge in [0.25, 0.3) is 0 Å². The largest absolute Gasteiger partial charge is 0.461 e. The Morgan fingerprint density at radius 3 is 2.94 bits per heavy atom. The molecule has 0 saturated carbocycles. The fraction of sp³-hybridized carbons (Fsp3) is 0.417. The topological polar surface area (TPSA) is 38.1 Å². The van der Waals surface area contributed by atoms with Gasteiger partial charge in [-0.3, -0.25) is 0 Å². The zero-order chi connectivity index (χ0) is 12.4. The molecule has 0 bridgehead atoms. The molecule has 0 aromatic carbocycles. The molecule has 0 aliphatic heterocycles. The van der Waals surface area contributed by atoms with Crippen molar-refractivity contribution in [3.8, 4) is 10.8 Å². The number of aryl methyl sites for hydroxylation is 1. The molecule has 0 aliphatic carbocycles. The van der Waals surface area contributed by atoms with E-state index in [0.717, 1.165) is 27.5 Å². The molecule has 1 atom stereocenters.